The van der Waals surface area contributed by atoms with Gasteiger partial charge in [0.25, 0.3) is 0 Å². The smallest absolute Gasteiger partial charge is 0.224 e. The standard InChI is InChI=1S/C23H38FN5O2/c1-4-19(5-2)21(29-11-13-31-14-12-29)17-28-23(25-3)27-10-9-26-22(30)16-18-7-6-8-20(24)15-18/h6-8,15,19,21H,4-5,9-14,16-17H2,1-3H3,(H,26,30)(H2,25,27,28). The first kappa shape index (κ1) is 25.1. The summed E-state index contributed by atoms with van der Waals surface area (Å²) >= 11 is 0. The van der Waals surface area contributed by atoms with Crippen molar-refractivity contribution in [2.75, 3.05) is 53.0 Å². The second-order valence-corrected chi connectivity index (χ2v) is 7.83. The van der Waals surface area contributed by atoms with Crippen LogP contribution in [0.15, 0.2) is 29.3 Å². The van der Waals surface area contributed by atoms with Crippen LogP contribution in [0, 0.1) is 11.7 Å². The molecule has 0 spiro atoms. The van der Waals surface area contributed by atoms with E-state index in [0.29, 0.717) is 30.6 Å². The Hall–Kier alpha value is -2.19. The molecule has 0 aliphatic carbocycles. The number of carbonyl (C=O) groups is 1. The average Bonchev–Trinajstić information content (AvgIpc) is 2.78. The van der Waals surface area contributed by atoms with Crippen molar-refractivity contribution in [1.82, 2.24) is 20.9 Å². The van der Waals surface area contributed by atoms with Gasteiger partial charge in [0.15, 0.2) is 5.96 Å². The zero-order chi connectivity index (χ0) is 22.5. The first-order valence-corrected chi connectivity index (χ1v) is 11.3. The van der Waals surface area contributed by atoms with E-state index in [1.54, 1.807) is 19.2 Å². The molecule has 0 radical (unpaired) electrons. The molecule has 1 fully saturated rings. The van der Waals surface area contributed by atoms with Crippen LogP contribution < -0.4 is 16.0 Å². The Morgan fingerprint density at radius 2 is 1.87 bits per heavy atom. The van der Waals surface area contributed by atoms with Crippen molar-refractivity contribution < 1.29 is 13.9 Å². The quantitative estimate of drug-likeness (QED) is 0.281. The number of benzene rings is 1. The van der Waals surface area contributed by atoms with Crippen molar-refractivity contribution >= 4 is 11.9 Å². The third kappa shape index (κ3) is 8.83. The number of nitrogens with one attached hydrogen (secondary N) is 3. The minimum Gasteiger partial charge on any atom is -0.379 e. The molecule has 7 nitrogen and oxygen atoms in total. The third-order valence-corrected chi connectivity index (χ3v) is 5.80. The van der Waals surface area contributed by atoms with Gasteiger partial charge in [-0.1, -0.05) is 38.8 Å². The van der Waals surface area contributed by atoms with Crippen LogP contribution in [-0.2, 0) is 16.0 Å². The van der Waals surface area contributed by atoms with Gasteiger partial charge in [-0.3, -0.25) is 14.7 Å². The van der Waals surface area contributed by atoms with E-state index in [0.717, 1.165) is 51.6 Å². The number of ether oxygens (including phenoxy) is 1. The van der Waals surface area contributed by atoms with Crippen LogP contribution in [0.25, 0.3) is 0 Å². The van der Waals surface area contributed by atoms with Gasteiger partial charge in [0.05, 0.1) is 19.6 Å². The lowest BCUT2D eigenvalue weighted by Crippen LogP contribution is -2.53. The van der Waals surface area contributed by atoms with Crippen LogP contribution in [0.5, 0.6) is 0 Å². The molecular weight excluding hydrogens is 397 g/mol. The van der Waals surface area contributed by atoms with E-state index >= 15 is 0 Å². The highest BCUT2D eigenvalue weighted by atomic mass is 19.1. The number of amides is 1. The van der Waals surface area contributed by atoms with Gasteiger partial charge in [0.1, 0.15) is 5.82 Å². The summed E-state index contributed by atoms with van der Waals surface area (Å²) in [5, 5.41) is 9.56. The minimum atomic E-state index is -0.328. The van der Waals surface area contributed by atoms with Gasteiger partial charge < -0.3 is 20.7 Å². The summed E-state index contributed by atoms with van der Waals surface area (Å²) in [6.45, 7) is 9.85. The fourth-order valence-electron chi connectivity index (χ4n) is 4.04. The molecule has 31 heavy (non-hydrogen) atoms. The largest absolute Gasteiger partial charge is 0.379 e. The molecule has 0 bridgehead atoms. The van der Waals surface area contributed by atoms with Crippen LogP contribution in [0.3, 0.4) is 0 Å². The Morgan fingerprint density at radius 1 is 1.16 bits per heavy atom. The summed E-state index contributed by atoms with van der Waals surface area (Å²) in [5.41, 5.74) is 0.665. The maximum absolute atomic E-state index is 13.2. The summed E-state index contributed by atoms with van der Waals surface area (Å²) in [6, 6.07) is 6.55. The van der Waals surface area contributed by atoms with Crippen molar-refractivity contribution in [3.05, 3.63) is 35.6 Å². The van der Waals surface area contributed by atoms with Gasteiger partial charge in [-0.15, -0.1) is 0 Å². The van der Waals surface area contributed by atoms with Gasteiger partial charge in [0, 0.05) is 45.8 Å². The normalized spacial score (nSPS) is 16.2. The van der Waals surface area contributed by atoms with E-state index in [9.17, 15) is 9.18 Å². The van der Waals surface area contributed by atoms with Crippen LogP contribution in [0.1, 0.15) is 32.3 Å². The maximum Gasteiger partial charge on any atom is 0.224 e. The van der Waals surface area contributed by atoms with Crippen LogP contribution in [0.2, 0.25) is 0 Å². The Kier molecular flexibility index (Phi) is 11.3. The summed E-state index contributed by atoms with van der Waals surface area (Å²) in [5.74, 6) is 0.886. The fourth-order valence-corrected chi connectivity index (χ4v) is 4.04. The average molecular weight is 436 g/mol. The monoisotopic (exact) mass is 435 g/mol. The number of hydrogen-bond donors (Lipinski definition) is 3. The minimum absolute atomic E-state index is 0.128. The molecule has 1 atom stereocenters. The van der Waals surface area contributed by atoms with Gasteiger partial charge in [-0.2, -0.15) is 0 Å². The predicted molar refractivity (Wildman–Crippen MR) is 123 cm³/mol. The second kappa shape index (κ2) is 14.0. The molecule has 1 saturated heterocycles. The predicted octanol–water partition coefficient (Wildman–Crippen LogP) is 1.79. The van der Waals surface area contributed by atoms with E-state index in [1.165, 1.54) is 12.1 Å². The van der Waals surface area contributed by atoms with Gasteiger partial charge in [-0.25, -0.2) is 4.39 Å². The summed E-state index contributed by atoms with van der Waals surface area (Å²) in [4.78, 5) is 18.9. The first-order chi connectivity index (χ1) is 15.1. The molecule has 3 N–H and O–H groups in total. The van der Waals surface area contributed by atoms with E-state index < -0.39 is 0 Å². The molecule has 1 heterocycles. The van der Waals surface area contributed by atoms with E-state index in [2.05, 4.69) is 39.7 Å². The molecule has 1 aliphatic heterocycles. The number of carbonyl (C=O) groups excluding carboxylic acids is 1. The zero-order valence-electron chi connectivity index (χ0n) is 19.1. The molecule has 1 aromatic rings. The molecule has 8 heteroatoms. The van der Waals surface area contributed by atoms with Crippen molar-refractivity contribution in [2.45, 2.75) is 39.2 Å². The number of aliphatic imine (C=N–C) groups is 1. The number of morpholine rings is 1. The fraction of sp³-hybridized carbons (Fsp3) is 0.652. The number of hydrogen-bond acceptors (Lipinski definition) is 4. The molecule has 1 amide bonds. The highest BCUT2D eigenvalue weighted by Gasteiger charge is 2.26. The Balaban J connectivity index is 1.74. The van der Waals surface area contributed by atoms with E-state index in [-0.39, 0.29) is 18.1 Å². The number of guanidine groups is 1. The number of nitrogens with zero attached hydrogens (tertiary/aromatic N) is 2. The first-order valence-electron chi connectivity index (χ1n) is 11.3. The molecule has 0 aromatic heterocycles. The van der Waals surface area contributed by atoms with Gasteiger partial charge in [-0.05, 0) is 23.6 Å². The van der Waals surface area contributed by atoms with Crippen molar-refractivity contribution in [2.24, 2.45) is 10.9 Å². The lowest BCUT2D eigenvalue weighted by molar-refractivity contribution is -0.120. The molecule has 1 unspecified atom stereocenters. The van der Waals surface area contributed by atoms with Crippen molar-refractivity contribution in [3.63, 3.8) is 0 Å². The Labute approximate surface area is 185 Å². The highest BCUT2D eigenvalue weighted by Crippen LogP contribution is 2.19. The lowest BCUT2D eigenvalue weighted by atomic mass is 9.92. The molecule has 2 rings (SSSR count). The number of rotatable bonds is 11. The van der Waals surface area contributed by atoms with Crippen molar-refractivity contribution in [3.8, 4) is 0 Å². The summed E-state index contributed by atoms with van der Waals surface area (Å²) in [7, 11) is 1.75. The highest BCUT2D eigenvalue weighted by molar-refractivity contribution is 5.80. The van der Waals surface area contributed by atoms with Crippen LogP contribution in [-0.4, -0.2) is 75.8 Å². The second-order valence-electron chi connectivity index (χ2n) is 7.83. The van der Waals surface area contributed by atoms with Crippen molar-refractivity contribution in [1.29, 1.82) is 0 Å². The summed E-state index contributed by atoms with van der Waals surface area (Å²) in [6.07, 6.45) is 2.45. The Bertz CT molecular complexity index is 690. The lowest BCUT2D eigenvalue weighted by Gasteiger charge is -2.39. The molecule has 0 saturated carbocycles. The maximum atomic E-state index is 13.2. The van der Waals surface area contributed by atoms with Gasteiger partial charge in [0.2, 0.25) is 5.91 Å². The topological polar surface area (TPSA) is 78.0 Å². The van der Waals surface area contributed by atoms with Gasteiger partial charge >= 0.3 is 0 Å². The molecule has 1 aliphatic rings. The summed E-state index contributed by atoms with van der Waals surface area (Å²) < 4.78 is 18.7. The van der Waals surface area contributed by atoms with E-state index in [1.807, 2.05) is 0 Å². The molecule has 1 aromatic carbocycles. The third-order valence-electron chi connectivity index (χ3n) is 5.80. The Morgan fingerprint density at radius 3 is 2.52 bits per heavy atom. The van der Waals surface area contributed by atoms with E-state index in [4.69, 9.17) is 4.74 Å². The number of halogens is 1. The zero-order valence-corrected chi connectivity index (χ0v) is 19.1. The SMILES string of the molecule is CCC(CC)C(CNC(=NC)NCCNC(=O)Cc1cccc(F)c1)N1CCOCC1. The van der Waals surface area contributed by atoms with Crippen LogP contribution >= 0.6 is 0 Å². The molecular formula is C23H38FN5O2. The van der Waals surface area contributed by atoms with Crippen LogP contribution in [0.4, 0.5) is 4.39 Å². The molecule has 174 valence electrons.